The first kappa shape index (κ1) is 24.1. The number of fused-ring (bicyclic) bond motifs is 1. The highest BCUT2D eigenvalue weighted by Crippen LogP contribution is 2.58. The number of esters is 1. The zero-order valence-corrected chi connectivity index (χ0v) is 19.3. The fourth-order valence-electron chi connectivity index (χ4n) is 5.99. The Balaban J connectivity index is 1.59. The molecular formula is C23H35N3O7. The van der Waals surface area contributed by atoms with Gasteiger partial charge in [-0.25, -0.2) is 0 Å². The van der Waals surface area contributed by atoms with E-state index in [1.54, 1.807) is 17.9 Å². The number of β-amino-alcohol motifs (C(OH)–C–C–N with tert-alkyl or cyclic N) is 1. The number of hydrogen-bond donors (Lipinski definition) is 1. The molecule has 0 aromatic heterocycles. The van der Waals surface area contributed by atoms with Crippen molar-refractivity contribution in [3.63, 3.8) is 0 Å². The van der Waals surface area contributed by atoms with Gasteiger partial charge in [0.2, 0.25) is 11.8 Å². The second-order valence-corrected chi connectivity index (χ2v) is 9.09. The number of carbonyl (C=O) groups is 3. The fraction of sp³-hybridized carbons (Fsp3) is 0.783. The van der Waals surface area contributed by atoms with E-state index in [4.69, 9.17) is 14.2 Å². The van der Waals surface area contributed by atoms with Gasteiger partial charge in [0.1, 0.15) is 11.6 Å². The number of carbonyl (C=O) groups excluding carboxylic acids is 3. The molecule has 4 aliphatic heterocycles. The first-order valence-electron chi connectivity index (χ1n) is 11.9. The lowest BCUT2D eigenvalue weighted by atomic mass is 9.70. The van der Waals surface area contributed by atoms with Gasteiger partial charge >= 0.3 is 5.97 Å². The quantitative estimate of drug-likeness (QED) is 0.332. The zero-order chi connectivity index (χ0) is 23.6. The summed E-state index contributed by atoms with van der Waals surface area (Å²) < 4.78 is 17.0. The molecule has 0 aliphatic carbocycles. The topological polar surface area (TPSA) is 109 Å². The summed E-state index contributed by atoms with van der Waals surface area (Å²) >= 11 is 0. The van der Waals surface area contributed by atoms with E-state index < -0.39 is 35.6 Å². The van der Waals surface area contributed by atoms with Crippen LogP contribution in [0.15, 0.2) is 12.7 Å². The molecule has 33 heavy (non-hydrogen) atoms. The van der Waals surface area contributed by atoms with Crippen LogP contribution in [0.5, 0.6) is 0 Å². The molecule has 1 N–H and O–H groups in total. The monoisotopic (exact) mass is 465 g/mol. The molecule has 4 rings (SSSR count). The third-order valence-electron chi connectivity index (χ3n) is 7.38. The first-order chi connectivity index (χ1) is 16.0. The SMILES string of the molecule is C=CCN(CCN1CCOCC1)C(=O)C1N(CCO)C(=O)[C@@H]2[C@@H](C(=O)OCC)[C@H]3CCC12O3. The van der Waals surface area contributed by atoms with Crippen molar-refractivity contribution in [2.75, 3.05) is 65.7 Å². The Labute approximate surface area is 194 Å². The molecule has 4 fully saturated rings. The molecule has 184 valence electrons. The molecule has 10 heteroatoms. The Hall–Kier alpha value is -2.01. The van der Waals surface area contributed by atoms with Gasteiger partial charge in [0.15, 0.2) is 0 Å². The molecule has 5 atom stereocenters. The molecule has 0 saturated carbocycles. The highest BCUT2D eigenvalue weighted by molar-refractivity contribution is 5.98. The van der Waals surface area contributed by atoms with E-state index in [0.29, 0.717) is 45.7 Å². The lowest BCUT2D eigenvalue weighted by Gasteiger charge is -2.37. The van der Waals surface area contributed by atoms with Crippen LogP contribution in [-0.4, -0.2) is 121 Å². The molecule has 4 aliphatic rings. The third-order valence-corrected chi connectivity index (χ3v) is 7.38. The number of amides is 2. The van der Waals surface area contributed by atoms with Crippen LogP contribution in [0.3, 0.4) is 0 Å². The molecule has 4 saturated heterocycles. The van der Waals surface area contributed by atoms with Crippen LogP contribution >= 0.6 is 0 Å². The normalized spacial score (nSPS) is 33.3. The van der Waals surface area contributed by atoms with Gasteiger partial charge in [0.25, 0.3) is 0 Å². The number of likely N-dealkylation sites (tertiary alicyclic amines) is 1. The second-order valence-electron chi connectivity index (χ2n) is 9.09. The number of aliphatic hydroxyl groups is 1. The van der Waals surface area contributed by atoms with E-state index in [9.17, 15) is 19.5 Å². The number of hydrogen-bond acceptors (Lipinski definition) is 8. The van der Waals surface area contributed by atoms with Gasteiger partial charge in [-0.05, 0) is 19.8 Å². The van der Waals surface area contributed by atoms with Gasteiger partial charge in [-0.3, -0.25) is 19.3 Å². The molecule has 10 nitrogen and oxygen atoms in total. The lowest BCUT2D eigenvalue weighted by Crippen LogP contribution is -2.57. The summed E-state index contributed by atoms with van der Waals surface area (Å²) in [6, 6.07) is -0.879. The molecule has 4 heterocycles. The second kappa shape index (κ2) is 10.1. The largest absolute Gasteiger partial charge is 0.466 e. The molecule has 0 radical (unpaired) electrons. The Kier molecular flexibility index (Phi) is 7.37. The first-order valence-corrected chi connectivity index (χ1v) is 11.9. The van der Waals surface area contributed by atoms with Crippen LogP contribution in [-0.2, 0) is 28.6 Å². The Bertz CT molecular complexity index is 771. The number of rotatable bonds is 10. The molecule has 1 spiro atoms. The van der Waals surface area contributed by atoms with E-state index in [1.807, 2.05) is 0 Å². The van der Waals surface area contributed by atoms with Gasteiger partial charge in [-0.1, -0.05) is 6.08 Å². The maximum absolute atomic E-state index is 13.9. The van der Waals surface area contributed by atoms with Crippen molar-refractivity contribution in [1.82, 2.24) is 14.7 Å². The molecular weight excluding hydrogens is 430 g/mol. The van der Waals surface area contributed by atoms with E-state index in [-0.39, 0.29) is 31.6 Å². The van der Waals surface area contributed by atoms with E-state index in [0.717, 1.165) is 13.1 Å². The lowest BCUT2D eigenvalue weighted by molar-refractivity contribution is -0.155. The van der Waals surface area contributed by atoms with E-state index in [1.165, 1.54) is 4.90 Å². The van der Waals surface area contributed by atoms with Crippen LogP contribution in [0, 0.1) is 11.8 Å². The van der Waals surface area contributed by atoms with Crippen LogP contribution in [0.1, 0.15) is 19.8 Å². The van der Waals surface area contributed by atoms with E-state index in [2.05, 4.69) is 11.5 Å². The summed E-state index contributed by atoms with van der Waals surface area (Å²) in [6.45, 7) is 9.96. The van der Waals surface area contributed by atoms with Crippen LogP contribution in [0.4, 0.5) is 0 Å². The van der Waals surface area contributed by atoms with Gasteiger partial charge in [-0.2, -0.15) is 0 Å². The van der Waals surface area contributed by atoms with E-state index >= 15 is 0 Å². The van der Waals surface area contributed by atoms with Crippen molar-refractivity contribution in [1.29, 1.82) is 0 Å². The maximum Gasteiger partial charge on any atom is 0.312 e. The minimum Gasteiger partial charge on any atom is -0.466 e. The van der Waals surface area contributed by atoms with Gasteiger partial charge in [0, 0.05) is 39.3 Å². The summed E-state index contributed by atoms with van der Waals surface area (Å²) in [7, 11) is 0. The molecule has 0 aromatic carbocycles. The van der Waals surface area contributed by atoms with Crippen LogP contribution in [0.2, 0.25) is 0 Å². The van der Waals surface area contributed by atoms with Gasteiger partial charge in [-0.15, -0.1) is 6.58 Å². The number of ether oxygens (including phenoxy) is 3. The van der Waals surface area contributed by atoms with Gasteiger partial charge in [0.05, 0.1) is 44.4 Å². The van der Waals surface area contributed by atoms with Crippen molar-refractivity contribution < 1.29 is 33.7 Å². The highest BCUT2D eigenvalue weighted by Gasteiger charge is 2.75. The Morgan fingerprint density at radius 1 is 1.33 bits per heavy atom. The number of morpholine rings is 1. The highest BCUT2D eigenvalue weighted by atomic mass is 16.6. The smallest absolute Gasteiger partial charge is 0.312 e. The van der Waals surface area contributed by atoms with Crippen LogP contribution < -0.4 is 0 Å². The maximum atomic E-state index is 13.9. The standard InChI is InChI=1S/C23H35N3O7/c1-3-7-25(9-8-24-11-14-31-15-12-24)21(29)19-23-6-5-16(33-23)17(22(30)32-4-2)18(23)20(28)26(19)10-13-27/h3,16-19,27H,1,4-15H2,2H3/t16-,17+,18+,19?,23?/m1/s1. The van der Waals surface area contributed by atoms with Crippen molar-refractivity contribution in [3.05, 3.63) is 12.7 Å². The minimum absolute atomic E-state index is 0.0163. The minimum atomic E-state index is -1.07. The third kappa shape index (κ3) is 4.18. The summed E-state index contributed by atoms with van der Waals surface area (Å²) in [5.74, 6) is -2.46. The summed E-state index contributed by atoms with van der Waals surface area (Å²) in [6.07, 6.45) is 2.37. The summed E-state index contributed by atoms with van der Waals surface area (Å²) in [4.78, 5) is 45.5. The average molecular weight is 466 g/mol. The zero-order valence-electron chi connectivity index (χ0n) is 19.3. The van der Waals surface area contributed by atoms with Crippen molar-refractivity contribution in [3.8, 4) is 0 Å². The average Bonchev–Trinajstić information content (AvgIpc) is 3.45. The van der Waals surface area contributed by atoms with Crippen molar-refractivity contribution in [2.45, 2.75) is 37.5 Å². The number of aliphatic hydroxyl groups excluding tert-OH is 1. The molecule has 2 unspecified atom stereocenters. The summed E-state index contributed by atoms with van der Waals surface area (Å²) in [5.41, 5.74) is -1.07. The van der Waals surface area contributed by atoms with Crippen molar-refractivity contribution >= 4 is 17.8 Å². The predicted octanol–water partition coefficient (Wildman–Crippen LogP) is -0.737. The fourth-order valence-corrected chi connectivity index (χ4v) is 5.99. The predicted molar refractivity (Wildman–Crippen MR) is 117 cm³/mol. The molecule has 0 aromatic rings. The van der Waals surface area contributed by atoms with Gasteiger partial charge < -0.3 is 29.1 Å². The summed E-state index contributed by atoms with van der Waals surface area (Å²) in [5, 5.41) is 9.66. The molecule has 2 amide bonds. The Morgan fingerprint density at radius 2 is 2.09 bits per heavy atom. The van der Waals surface area contributed by atoms with Crippen LogP contribution in [0.25, 0.3) is 0 Å². The van der Waals surface area contributed by atoms with Crippen molar-refractivity contribution in [2.24, 2.45) is 11.8 Å². The number of nitrogens with zero attached hydrogens (tertiary/aromatic N) is 3. The Morgan fingerprint density at radius 3 is 2.76 bits per heavy atom. The molecule has 2 bridgehead atoms.